The highest BCUT2D eigenvalue weighted by molar-refractivity contribution is 7.13. The normalized spacial score (nSPS) is 11.6. The third-order valence-electron chi connectivity index (χ3n) is 2.97. The Balaban J connectivity index is 1.85. The number of aliphatic imine (C=N–C) groups is 1. The van der Waals surface area contributed by atoms with Gasteiger partial charge in [-0.1, -0.05) is 0 Å². The fraction of sp³-hybridized carbons (Fsp3) is 0.533. The van der Waals surface area contributed by atoms with E-state index in [-0.39, 0.29) is 0 Å². The number of aryl methyl sites for hydroxylation is 1. The highest BCUT2D eigenvalue weighted by Crippen LogP contribution is 2.18. The number of aromatic nitrogens is 2. The van der Waals surface area contributed by atoms with Crippen molar-refractivity contribution in [1.82, 2.24) is 20.6 Å². The van der Waals surface area contributed by atoms with Crippen molar-refractivity contribution in [2.75, 3.05) is 32.1 Å². The van der Waals surface area contributed by atoms with Crippen molar-refractivity contribution in [3.05, 3.63) is 27.2 Å². The summed E-state index contributed by atoms with van der Waals surface area (Å²) in [7, 11) is 4.00. The average Bonchev–Trinajstić information content (AvgIpc) is 3.14. The summed E-state index contributed by atoms with van der Waals surface area (Å²) >= 11 is 3.38. The fourth-order valence-corrected chi connectivity index (χ4v) is 3.42. The smallest absolute Gasteiger partial charge is 0.191 e. The Bertz CT molecular complexity index is 631. The van der Waals surface area contributed by atoms with Crippen LogP contribution in [0.4, 0.5) is 5.13 Å². The third-order valence-corrected chi connectivity index (χ3v) is 5.00. The topological polar surface area (TPSA) is 65.4 Å². The second kappa shape index (κ2) is 8.83. The van der Waals surface area contributed by atoms with Gasteiger partial charge in [0.25, 0.3) is 0 Å². The molecule has 0 aliphatic rings. The molecule has 2 aromatic heterocycles. The van der Waals surface area contributed by atoms with Crippen LogP contribution < -0.4 is 15.5 Å². The van der Waals surface area contributed by atoms with Crippen molar-refractivity contribution in [2.45, 2.75) is 26.8 Å². The van der Waals surface area contributed by atoms with E-state index in [1.807, 2.05) is 25.2 Å². The van der Waals surface area contributed by atoms with Gasteiger partial charge in [0, 0.05) is 50.1 Å². The molecule has 2 N–H and O–H groups in total. The molecule has 0 radical (unpaired) electrons. The van der Waals surface area contributed by atoms with Crippen molar-refractivity contribution < 1.29 is 0 Å². The minimum atomic E-state index is 0.579. The van der Waals surface area contributed by atoms with E-state index < -0.39 is 0 Å². The maximum atomic E-state index is 4.60. The van der Waals surface area contributed by atoms with Gasteiger partial charge in [0.05, 0.1) is 17.2 Å². The lowest BCUT2D eigenvalue weighted by molar-refractivity contribution is 0.794. The molecule has 0 bridgehead atoms. The van der Waals surface area contributed by atoms with Crippen LogP contribution in [0.2, 0.25) is 0 Å². The van der Waals surface area contributed by atoms with E-state index in [4.69, 9.17) is 0 Å². The minimum Gasteiger partial charge on any atom is -0.357 e. The minimum absolute atomic E-state index is 0.579. The predicted molar refractivity (Wildman–Crippen MR) is 99.8 cm³/mol. The number of nitrogens with zero attached hydrogens (tertiary/aromatic N) is 4. The Kier molecular flexibility index (Phi) is 6.79. The van der Waals surface area contributed by atoms with Crippen molar-refractivity contribution in [1.29, 1.82) is 0 Å². The predicted octanol–water partition coefficient (Wildman–Crippen LogP) is 2.27. The van der Waals surface area contributed by atoms with Gasteiger partial charge in [-0.05, 0) is 13.8 Å². The van der Waals surface area contributed by atoms with Gasteiger partial charge in [0.2, 0.25) is 0 Å². The first-order chi connectivity index (χ1) is 11.1. The molecule has 2 rings (SSSR count). The third kappa shape index (κ3) is 5.80. The van der Waals surface area contributed by atoms with Crippen LogP contribution in [0.25, 0.3) is 0 Å². The lowest BCUT2D eigenvalue weighted by Gasteiger charge is -2.10. The van der Waals surface area contributed by atoms with E-state index in [1.165, 1.54) is 4.88 Å². The Morgan fingerprint density at radius 2 is 2.17 bits per heavy atom. The number of hydrogen-bond acceptors (Lipinski definition) is 6. The van der Waals surface area contributed by atoms with Crippen molar-refractivity contribution >= 4 is 33.8 Å². The van der Waals surface area contributed by atoms with Gasteiger partial charge in [-0.25, -0.2) is 15.0 Å². The molecule has 0 aliphatic carbocycles. The van der Waals surface area contributed by atoms with E-state index in [0.717, 1.165) is 41.3 Å². The first-order valence-corrected chi connectivity index (χ1v) is 9.33. The molecule has 0 spiro atoms. The molecule has 23 heavy (non-hydrogen) atoms. The first-order valence-electron chi connectivity index (χ1n) is 7.63. The van der Waals surface area contributed by atoms with Crippen molar-refractivity contribution in [3.63, 3.8) is 0 Å². The van der Waals surface area contributed by atoms with E-state index in [2.05, 4.69) is 44.8 Å². The van der Waals surface area contributed by atoms with Crippen molar-refractivity contribution in [3.8, 4) is 0 Å². The lowest BCUT2D eigenvalue weighted by Crippen LogP contribution is -2.38. The summed E-state index contributed by atoms with van der Waals surface area (Å²) in [6.45, 7) is 6.38. The molecule has 0 aromatic carbocycles. The molecule has 0 unspecified atom stereocenters. The zero-order valence-corrected chi connectivity index (χ0v) is 15.7. The Morgan fingerprint density at radius 1 is 1.35 bits per heavy atom. The van der Waals surface area contributed by atoms with Crippen LogP contribution in [-0.2, 0) is 13.0 Å². The molecular formula is C15H24N6S2. The number of anilines is 1. The molecule has 0 atom stereocenters. The van der Waals surface area contributed by atoms with E-state index in [9.17, 15) is 0 Å². The van der Waals surface area contributed by atoms with Crippen LogP contribution in [0.1, 0.15) is 22.5 Å². The molecule has 126 valence electrons. The van der Waals surface area contributed by atoms with Crippen molar-refractivity contribution in [2.24, 2.45) is 4.99 Å². The molecule has 0 saturated carbocycles. The number of guanidine groups is 1. The van der Waals surface area contributed by atoms with E-state index in [1.54, 1.807) is 22.7 Å². The molecule has 0 amide bonds. The molecule has 0 aliphatic heterocycles. The molecule has 2 aromatic rings. The highest BCUT2D eigenvalue weighted by Gasteiger charge is 2.04. The fourth-order valence-electron chi connectivity index (χ4n) is 1.88. The first kappa shape index (κ1) is 17.7. The number of rotatable bonds is 7. The summed E-state index contributed by atoms with van der Waals surface area (Å²) < 4.78 is 0. The maximum absolute atomic E-state index is 4.60. The summed E-state index contributed by atoms with van der Waals surface area (Å²) in [5.74, 6) is 0.820. The van der Waals surface area contributed by atoms with E-state index >= 15 is 0 Å². The molecule has 2 heterocycles. The monoisotopic (exact) mass is 352 g/mol. The SMILES string of the molecule is CCNC(=NCc1csc(N(C)C)n1)NCCc1ncc(C)s1. The zero-order chi connectivity index (χ0) is 16.7. The Hall–Kier alpha value is -1.67. The summed E-state index contributed by atoms with van der Waals surface area (Å²) in [5.41, 5.74) is 0.992. The second-order valence-electron chi connectivity index (χ2n) is 5.25. The number of hydrogen-bond donors (Lipinski definition) is 2. The van der Waals surface area contributed by atoms with Gasteiger partial charge < -0.3 is 15.5 Å². The van der Waals surface area contributed by atoms with Crippen LogP contribution in [0.15, 0.2) is 16.6 Å². The van der Waals surface area contributed by atoms with Crippen LogP contribution in [0.5, 0.6) is 0 Å². The molecule has 0 fully saturated rings. The number of thiazole rings is 2. The van der Waals surface area contributed by atoms with Gasteiger partial charge in [0.1, 0.15) is 0 Å². The van der Waals surface area contributed by atoms with Gasteiger partial charge in [-0.15, -0.1) is 22.7 Å². The molecular weight excluding hydrogens is 328 g/mol. The molecule has 6 nitrogen and oxygen atoms in total. The summed E-state index contributed by atoms with van der Waals surface area (Å²) in [4.78, 5) is 16.8. The van der Waals surface area contributed by atoms with Crippen LogP contribution in [0, 0.1) is 6.92 Å². The Morgan fingerprint density at radius 3 is 2.78 bits per heavy atom. The summed E-state index contributed by atoms with van der Waals surface area (Å²) in [5, 5.41) is 10.8. The van der Waals surface area contributed by atoms with Crippen LogP contribution in [0.3, 0.4) is 0 Å². The molecule has 8 heteroatoms. The zero-order valence-electron chi connectivity index (χ0n) is 14.1. The van der Waals surface area contributed by atoms with Crippen LogP contribution >= 0.6 is 22.7 Å². The average molecular weight is 353 g/mol. The van der Waals surface area contributed by atoms with Gasteiger partial charge in [-0.3, -0.25) is 0 Å². The second-order valence-corrected chi connectivity index (χ2v) is 7.41. The van der Waals surface area contributed by atoms with Gasteiger partial charge >= 0.3 is 0 Å². The quantitative estimate of drug-likeness (QED) is 0.591. The van der Waals surface area contributed by atoms with Gasteiger partial charge in [-0.2, -0.15) is 0 Å². The van der Waals surface area contributed by atoms with E-state index in [0.29, 0.717) is 6.54 Å². The highest BCUT2D eigenvalue weighted by atomic mass is 32.1. The van der Waals surface area contributed by atoms with Crippen LogP contribution in [-0.4, -0.2) is 43.1 Å². The summed E-state index contributed by atoms with van der Waals surface area (Å²) in [6.07, 6.45) is 2.83. The number of nitrogens with one attached hydrogen (secondary N) is 2. The maximum Gasteiger partial charge on any atom is 0.191 e. The lowest BCUT2D eigenvalue weighted by atomic mass is 10.4. The molecule has 0 saturated heterocycles. The largest absolute Gasteiger partial charge is 0.357 e. The Labute approximate surface area is 145 Å². The summed E-state index contributed by atoms with van der Waals surface area (Å²) in [6, 6.07) is 0. The van der Waals surface area contributed by atoms with Gasteiger partial charge in [0.15, 0.2) is 11.1 Å². The standard InChI is InChI=1S/C15H24N6S2/c1-5-16-14(17-7-6-13-18-8-11(2)23-13)19-9-12-10-22-15(20-12)21(3)4/h8,10H,5-7,9H2,1-4H3,(H2,16,17,19).